The Morgan fingerprint density at radius 3 is 2.70 bits per heavy atom. The van der Waals surface area contributed by atoms with Gasteiger partial charge < -0.3 is 11.1 Å². The first kappa shape index (κ1) is 13.3. The molecule has 1 aromatic heterocycles. The molecule has 0 unspecified atom stereocenters. The van der Waals surface area contributed by atoms with Gasteiger partial charge in [-0.15, -0.1) is 0 Å². The molecule has 1 aromatic carbocycles. The molecule has 1 aliphatic rings. The van der Waals surface area contributed by atoms with E-state index in [0.717, 1.165) is 35.1 Å². The number of rotatable bonds is 3. The van der Waals surface area contributed by atoms with Gasteiger partial charge in [0.1, 0.15) is 10.8 Å². The van der Waals surface area contributed by atoms with Gasteiger partial charge in [0.15, 0.2) is 0 Å². The van der Waals surface area contributed by atoms with Gasteiger partial charge in [-0.2, -0.15) is 0 Å². The molecule has 1 aliphatic carbocycles. The van der Waals surface area contributed by atoms with Gasteiger partial charge in [0.25, 0.3) is 0 Å². The van der Waals surface area contributed by atoms with Crippen molar-refractivity contribution in [2.45, 2.75) is 38.1 Å². The Hall–Kier alpha value is -1.68. The molecule has 0 amide bonds. The van der Waals surface area contributed by atoms with Gasteiger partial charge in [-0.1, -0.05) is 43.3 Å². The van der Waals surface area contributed by atoms with Crippen molar-refractivity contribution in [3.8, 4) is 0 Å². The summed E-state index contributed by atoms with van der Waals surface area (Å²) in [7, 11) is 0. The van der Waals surface area contributed by atoms with Crippen molar-refractivity contribution in [1.29, 1.82) is 0 Å². The van der Waals surface area contributed by atoms with Crippen molar-refractivity contribution in [3.63, 3.8) is 0 Å². The number of aromatic nitrogens is 1. The average Bonchev–Trinajstić information content (AvgIpc) is 2.84. The number of fused-ring (bicyclic) bond motifs is 1. The number of benzene rings is 1. The molecule has 3 N–H and O–H groups in total. The summed E-state index contributed by atoms with van der Waals surface area (Å²) in [5, 5.41) is 4.65. The lowest BCUT2D eigenvalue weighted by atomic mass is 10.00. The summed E-state index contributed by atoms with van der Waals surface area (Å²) in [5.74, 6) is 0.820. The predicted octanol–water partition coefficient (Wildman–Crippen LogP) is 3.61. The standard InChI is InChI=1S/C16H19N3S/c1-16(8-4-5-9-16)19-15-12(14(17)20)10-11-6-2-3-7-13(11)18-15/h2-3,6-7,10H,4-5,8-9H2,1H3,(H2,17,20)(H,18,19). The third kappa shape index (κ3) is 2.48. The highest BCUT2D eigenvalue weighted by atomic mass is 32.1. The molecule has 0 bridgehead atoms. The lowest BCUT2D eigenvalue weighted by Crippen LogP contribution is -2.32. The molecule has 20 heavy (non-hydrogen) atoms. The van der Waals surface area contributed by atoms with Gasteiger partial charge in [0, 0.05) is 10.9 Å². The quantitative estimate of drug-likeness (QED) is 0.846. The van der Waals surface area contributed by atoms with Crippen molar-refractivity contribution in [2.24, 2.45) is 5.73 Å². The zero-order chi connectivity index (χ0) is 14.2. The average molecular weight is 285 g/mol. The highest BCUT2D eigenvalue weighted by Crippen LogP contribution is 2.33. The van der Waals surface area contributed by atoms with Gasteiger partial charge in [-0.25, -0.2) is 4.98 Å². The minimum absolute atomic E-state index is 0.106. The third-order valence-electron chi connectivity index (χ3n) is 4.12. The molecule has 1 fully saturated rings. The summed E-state index contributed by atoms with van der Waals surface area (Å²) in [5.41, 5.74) is 7.79. The van der Waals surface area contributed by atoms with E-state index < -0.39 is 0 Å². The maximum absolute atomic E-state index is 5.87. The topological polar surface area (TPSA) is 50.9 Å². The molecule has 3 nitrogen and oxygen atoms in total. The van der Waals surface area contributed by atoms with Crippen LogP contribution in [0.5, 0.6) is 0 Å². The Bertz CT molecular complexity index is 660. The van der Waals surface area contributed by atoms with E-state index in [1.807, 2.05) is 30.3 Å². The minimum atomic E-state index is 0.106. The highest BCUT2D eigenvalue weighted by Gasteiger charge is 2.29. The summed E-state index contributed by atoms with van der Waals surface area (Å²) < 4.78 is 0. The minimum Gasteiger partial charge on any atom is -0.389 e. The number of anilines is 1. The van der Waals surface area contributed by atoms with Crippen molar-refractivity contribution in [3.05, 3.63) is 35.9 Å². The number of hydrogen-bond donors (Lipinski definition) is 2. The predicted molar refractivity (Wildman–Crippen MR) is 88.1 cm³/mol. The first-order valence-electron chi connectivity index (χ1n) is 7.05. The molecule has 0 spiro atoms. The molecule has 1 saturated carbocycles. The number of para-hydroxylation sites is 1. The second kappa shape index (κ2) is 5.02. The summed E-state index contributed by atoms with van der Waals surface area (Å²) in [6, 6.07) is 10.1. The van der Waals surface area contributed by atoms with Crippen molar-refractivity contribution < 1.29 is 0 Å². The van der Waals surface area contributed by atoms with E-state index in [2.05, 4.69) is 12.2 Å². The van der Waals surface area contributed by atoms with Crippen LogP contribution in [0.25, 0.3) is 10.9 Å². The van der Waals surface area contributed by atoms with Crippen LogP contribution in [0.15, 0.2) is 30.3 Å². The molecule has 104 valence electrons. The van der Waals surface area contributed by atoms with Crippen molar-refractivity contribution >= 4 is 33.9 Å². The van der Waals surface area contributed by atoms with E-state index in [1.54, 1.807) is 0 Å². The van der Waals surface area contributed by atoms with Crippen LogP contribution in [0, 0.1) is 0 Å². The smallest absolute Gasteiger partial charge is 0.137 e. The fourth-order valence-corrected chi connectivity index (χ4v) is 3.12. The normalized spacial score (nSPS) is 17.2. The van der Waals surface area contributed by atoms with Crippen LogP contribution < -0.4 is 11.1 Å². The molecule has 0 saturated heterocycles. The lowest BCUT2D eigenvalue weighted by Gasteiger charge is -2.27. The summed E-state index contributed by atoms with van der Waals surface area (Å²) in [4.78, 5) is 5.12. The molecule has 0 aliphatic heterocycles. The van der Waals surface area contributed by atoms with Crippen LogP contribution in [0.1, 0.15) is 38.2 Å². The highest BCUT2D eigenvalue weighted by molar-refractivity contribution is 7.80. The summed E-state index contributed by atoms with van der Waals surface area (Å²) in [6.45, 7) is 2.25. The van der Waals surface area contributed by atoms with Crippen LogP contribution in [0.3, 0.4) is 0 Å². The summed E-state index contributed by atoms with van der Waals surface area (Å²) >= 11 is 5.19. The lowest BCUT2D eigenvalue weighted by molar-refractivity contribution is 0.531. The van der Waals surface area contributed by atoms with E-state index in [0.29, 0.717) is 4.99 Å². The van der Waals surface area contributed by atoms with E-state index in [1.165, 1.54) is 12.8 Å². The Kier molecular flexibility index (Phi) is 3.34. The van der Waals surface area contributed by atoms with E-state index in [4.69, 9.17) is 22.9 Å². The van der Waals surface area contributed by atoms with Gasteiger partial charge in [-0.05, 0) is 31.9 Å². The van der Waals surface area contributed by atoms with Crippen molar-refractivity contribution in [2.75, 3.05) is 5.32 Å². The van der Waals surface area contributed by atoms with Crippen LogP contribution in [-0.4, -0.2) is 15.5 Å². The van der Waals surface area contributed by atoms with E-state index in [9.17, 15) is 0 Å². The van der Waals surface area contributed by atoms with Crippen molar-refractivity contribution in [1.82, 2.24) is 4.98 Å². The van der Waals surface area contributed by atoms with Gasteiger partial charge in [0.2, 0.25) is 0 Å². The molecule has 1 heterocycles. The summed E-state index contributed by atoms with van der Waals surface area (Å²) in [6.07, 6.45) is 4.86. The molecule has 0 atom stereocenters. The maximum atomic E-state index is 5.87. The fourth-order valence-electron chi connectivity index (χ4n) is 2.97. The first-order valence-corrected chi connectivity index (χ1v) is 7.46. The van der Waals surface area contributed by atoms with Gasteiger partial charge >= 0.3 is 0 Å². The van der Waals surface area contributed by atoms with Crippen LogP contribution >= 0.6 is 12.2 Å². The molecular weight excluding hydrogens is 266 g/mol. The number of thiocarbonyl (C=S) groups is 1. The largest absolute Gasteiger partial charge is 0.389 e. The number of nitrogens with one attached hydrogen (secondary N) is 1. The Morgan fingerprint density at radius 1 is 1.30 bits per heavy atom. The zero-order valence-corrected chi connectivity index (χ0v) is 12.5. The Morgan fingerprint density at radius 2 is 2.00 bits per heavy atom. The number of nitrogens with two attached hydrogens (primary N) is 1. The monoisotopic (exact) mass is 285 g/mol. The Balaban J connectivity index is 2.07. The third-order valence-corrected chi connectivity index (χ3v) is 4.34. The Labute approximate surface area is 124 Å². The maximum Gasteiger partial charge on any atom is 0.137 e. The second-order valence-electron chi connectivity index (χ2n) is 5.83. The van der Waals surface area contributed by atoms with Crippen LogP contribution in [0.4, 0.5) is 5.82 Å². The second-order valence-corrected chi connectivity index (χ2v) is 6.27. The van der Waals surface area contributed by atoms with E-state index in [-0.39, 0.29) is 5.54 Å². The molecular formula is C16H19N3S. The number of nitrogens with zero attached hydrogens (tertiary/aromatic N) is 1. The molecule has 2 aromatic rings. The molecule has 0 radical (unpaired) electrons. The zero-order valence-electron chi connectivity index (χ0n) is 11.6. The molecule has 4 heteroatoms. The van der Waals surface area contributed by atoms with Crippen LogP contribution in [-0.2, 0) is 0 Å². The fraction of sp³-hybridized carbons (Fsp3) is 0.375. The van der Waals surface area contributed by atoms with Gasteiger partial charge in [0.05, 0.1) is 11.1 Å². The van der Waals surface area contributed by atoms with E-state index >= 15 is 0 Å². The number of pyridine rings is 1. The first-order chi connectivity index (χ1) is 9.57. The van der Waals surface area contributed by atoms with Crippen LogP contribution in [0.2, 0.25) is 0 Å². The SMILES string of the molecule is CC1(Nc2nc3ccccc3cc2C(N)=S)CCCC1. The number of hydrogen-bond acceptors (Lipinski definition) is 3. The molecule has 3 rings (SSSR count). The van der Waals surface area contributed by atoms with Gasteiger partial charge in [-0.3, -0.25) is 0 Å².